The maximum absolute atomic E-state index is 12.8. The van der Waals surface area contributed by atoms with Crippen molar-refractivity contribution >= 4 is 11.8 Å². The van der Waals surface area contributed by atoms with E-state index in [0.717, 1.165) is 19.4 Å². The zero-order chi connectivity index (χ0) is 14.1. The second-order valence-corrected chi connectivity index (χ2v) is 6.85. The highest BCUT2D eigenvalue weighted by molar-refractivity contribution is 5.96. The van der Waals surface area contributed by atoms with Gasteiger partial charge in [0, 0.05) is 6.54 Å². The number of carbonyl (C=O) groups excluding carboxylic acids is 2. The van der Waals surface area contributed by atoms with Crippen molar-refractivity contribution in [1.29, 1.82) is 0 Å². The van der Waals surface area contributed by atoms with Gasteiger partial charge in [0.05, 0.1) is 0 Å². The quantitative estimate of drug-likeness (QED) is 0.859. The van der Waals surface area contributed by atoms with Gasteiger partial charge in [-0.3, -0.25) is 9.59 Å². The third-order valence-electron chi connectivity index (χ3n) is 5.49. The fourth-order valence-corrected chi connectivity index (χ4v) is 3.84. The van der Waals surface area contributed by atoms with Crippen LogP contribution in [0, 0.1) is 11.8 Å². The van der Waals surface area contributed by atoms with Crippen LogP contribution in [0.15, 0.2) is 0 Å². The number of rotatable bonds is 3. The largest absolute Gasteiger partial charge is 0.342 e. The minimum absolute atomic E-state index is 0.0412. The minimum atomic E-state index is -0.289. The second-order valence-electron chi connectivity index (χ2n) is 6.85. The molecule has 112 valence electrons. The van der Waals surface area contributed by atoms with Gasteiger partial charge in [0.1, 0.15) is 12.1 Å². The highest BCUT2D eigenvalue weighted by atomic mass is 16.2. The smallest absolute Gasteiger partial charge is 0.246 e. The van der Waals surface area contributed by atoms with Gasteiger partial charge in [-0.05, 0) is 44.4 Å². The van der Waals surface area contributed by atoms with E-state index < -0.39 is 0 Å². The van der Waals surface area contributed by atoms with Gasteiger partial charge >= 0.3 is 0 Å². The Morgan fingerprint density at radius 1 is 1.05 bits per heavy atom. The Kier molecular flexibility index (Phi) is 3.99. The van der Waals surface area contributed by atoms with Gasteiger partial charge in [-0.15, -0.1) is 0 Å². The maximum Gasteiger partial charge on any atom is 0.246 e. The van der Waals surface area contributed by atoms with Crippen LogP contribution in [0.2, 0.25) is 0 Å². The van der Waals surface area contributed by atoms with Crippen LogP contribution < -0.4 is 5.32 Å². The van der Waals surface area contributed by atoms with Crippen LogP contribution in [0.1, 0.15) is 58.3 Å². The zero-order valence-electron chi connectivity index (χ0n) is 12.4. The molecule has 4 nitrogen and oxygen atoms in total. The SMILES string of the molecule is CC1C(=O)NC(C2CCCCC2)C(=O)N1CC1CCC1. The molecule has 3 aliphatic rings. The van der Waals surface area contributed by atoms with Gasteiger partial charge in [0.25, 0.3) is 0 Å². The van der Waals surface area contributed by atoms with Gasteiger partial charge in [-0.1, -0.05) is 25.7 Å². The van der Waals surface area contributed by atoms with E-state index in [1.807, 2.05) is 11.8 Å². The summed E-state index contributed by atoms with van der Waals surface area (Å²) in [5, 5.41) is 2.99. The van der Waals surface area contributed by atoms with Gasteiger partial charge in [0.15, 0.2) is 0 Å². The molecular weight excluding hydrogens is 252 g/mol. The number of hydrogen-bond donors (Lipinski definition) is 1. The molecule has 3 rings (SSSR count). The highest BCUT2D eigenvalue weighted by Gasteiger charge is 2.42. The number of hydrogen-bond acceptors (Lipinski definition) is 2. The standard InChI is InChI=1S/C16H26N2O2/c1-11-15(19)17-14(13-8-3-2-4-9-13)16(20)18(11)10-12-6-5-7-12/h11-14H,2-10H2,1H3,(H,17,19). The molecule has 0 aromatic rings. The fourth-order valence-electron chi connectivity index (χ4n) is 3.84. The first-order valence-corrected chi connectivity index (χ1v) is 8.27. The van der Waals surface area contributed by atoms with Crippen molar-refractivity contribution in [2.24, 2.45) is 11.8 Å². The lowest BCUT2D eigenvalue weighted by Crippen LogP contribution is -2.65. The average molecular weight is 278 g/mol. The molecule has 0 radical (unpaired) electrons. The number of nitrogens with one attached hydrogen (secondary N) is 1. The molecule has 2 amide bonds. The Morgan fingerprint density at radius 3 is 2.35 bits per heavy atom. The summed E-state index contributed by atoms with van der Waals surface area (Å²) in [7, 11) is 0. The van der Waals surface area contributed by atoms with Crippen molar-refractivity contribution in [2.75, 3.05) is 6.54 Å². The first-order chi connectivity index (χ1) is 9.66. The molecule has 2 aliphatic carbocycles. The molecule has 20 heavy (non-hydrogen) atoms. The number of nitrogens with zero attached hydrogens (tertiary/aromatic N) is 1. The first-order valence-electron chi connectivity index (χ1n) is 8.27. The molecule has 1 N–H and O–H groups in total. The molecule has 1 saturated heterocycles. The van der Waals surface area contributed by atoms with Gasteiger partial charge in [-0.2, -0.15) is 0 Å². The van der Waals surface area contributed by atoms with Crippen LogP contribution in [0.3, 0.4) is 0 Å². The van der Waals surface area contributed by atoms with E-state index in [4.69, 9.17) is 0 Å². The van der Waals surface area contributed by atoms with Crippen molar-refractivity contribution in [2.45, 2.75) is 70.4 Å². The predicted molar refractivity (Wildman–Crippen MR) is 77.0 cm³/mol. The first kappa shape index (κ1) is 13.9. The lowest BCUT2D eigenvalue weighted by atomic mass is 9.81. The fraction of sp³-hybridized carbons (Fsp3) is 0.875. The number of amides is 2. The van der Waals surface area contributed by atoms with Crippen molar-refractivity contribution < 1.29 is 9.59 Å². The van der Waals surface area contributed by atoms with Crippen LogP contribution >= 0.6 is 0 Å². The molecule has 0 aromatic heterocycles. The maximum atomic E-state index is 12.8. The van der Waals surface area contributed by atoms with E-state index in [1.54, 1.807) is 0 Å². The molecular formula is C16H26N2O2. The van der Waals surface area contributed by atoms with Crippen LogP contribution in [-0.2, 0) is 9.59 Å². The summed E-state index contributed by atoms with van der Waals surface area (Å²) in [5.41, 5.74) is 0. The Hall–Kier alpha value is -1.06. The Morgan fingerprint density at radius 2 is 1.75 bits per heavy atom. The molecule has 2 atom stereocenters. The van der Waals surface area contributed by atoms with Gasteiger partial charge in [0.2, 0.25) is 11.8 Å². The molecule has 1 heterocycles. The lowest BCUT2D eigenvalue weighted by molar-refractivity contribution is -0.151. The van der Waals surface area contributed by atoms with E-state index in [1.165, 1.54) is 38.5 Å². The van der Waals surface area contributed by atoms with Crippen LogP contribution in [0.5, 0.6) is 0 Å². The molecule has 1 aliphatic heterocycles. The molecule has 2 unspecified atom stereocenters. The monoisotopic (exact) mass is 278 g/mol. The third kappa shape index (κ3) is 2.57. The minimum Gasteiger partial charge on any atom is -0.342 e. The van der Waals surface area contributed by atoms with Crippen molar-refractivity contribution in [3.05, 3.63) is 0 Å². The average Bonchev–Trinajstić information content (AvgIpc) is 2.42. The number of piperazine rings is 1. The normalized spacial score (nSPS) is 33.0. The number of carbonyl (C=O) groups is 2. The summed E-state index contributed by atoms with van der Waals surface area (Å²) in [6.45, 7) is 2.65. The molecule has 0 aromatic carbocycles. The zero-order valence-corrected chi connectivity index (χ0v) is 12.4. The molecule has 4 heteroatoms. The summed E-state index contributed by atoms with van der Waals surface area (Å²) in [4.78, 5) is 26.8. The molecule has 0 bridgehead atoms. The molecule has 0 spiro atoms. The Balaban J connectivity index is 1.70. The summed E-state index contributed by atoms with van der Waals surface area (Å²) >= 11 is 0. The van der Waals surface area contributed by atoms with Crippen LogP contribution in [0.25, 0.3) is 0 Å². The van der Waals surface area contributed by atoms with Crippen LogP contribution in [-0.4, -0.2) is 35.3 Å². The van der Waals surface area contributed by atoms with Crippen molar-refractivity contribution in [1.82, 2.24) is 10.2 Å². The summed E-state index contributed by atoms with van der Waals surface area (Å²) in [6.07, 6.45) is 9.54. The summed E-state index contributed by atoms with van der Waals surface area (Å²) in [5.74, 6) is 1.20. The topological polar surface area (TPSA) is 49.4 Å². The lowest BCUT2D eigenvalue weighted by Gasteiger charge is -2.43. The molecule has 2 saturated carbocycles. The predicted octanol–water partition coefficient (Wildman–Crippen LogP) is 2.08. The van der Waals surface area contributed by atoms with E-state index in [2.05, 4.69) is 5.32 Å². The Labute approximate surface area is 121 Å². The van der Waals surface area contributed by atoms with E-state index >= 15 is 0 Å². The van der Waals surface area contributed by atoms with E-state index in [9.17, 15) is 9.59 Å². The van der Waals surface area contributed by atoms with E-state index in [0.29, 0.717) is 11.8 Å². The second kappa shape index (κ2) is 5.74. The van der Waals surface area contributed by atoms with Crippen molar-refractivity contribution in [3.63, 3.8) is 0 Å². The third-order valence-corrected chi connectivity index (χ3v) is 5.49. The summed E-state index contributed by atoms with van der Waals surface area (Å²) < 4.78 is 0. The molecule has 3 fully saturated rings. The van der Waals surface area contributed by atoms with Gasteiger partial charge < -0.3 is 10.2 Å². The highest BCUT2D eigenvalue weighted by Crippen LogP contribution is 2.32. The van der Waals surface area contributed by atoms with Crippen molar-refractivity contribution in [3.8, 4) is 0 Å². The van der Waals surface area contributed by atoms with Gasteiger partial charge in [-0.25, -0.2) is 0 Å². The van der Waals surface area contributed by atoms with Crippen LogP contribution in [0.4, 0.5) is 0 Å². The Bertz CT molecular complexity index is 382. The van der Waals surface area contributed by atoms with E-state index in [-0.39, 0.29) is 23.9 Å². The summed E-state index contributed by atoms with van der Waals surface area (Å²) in [6, 6.07) is -0.540.